The summed E-state index contributed by atoms with van der Waals surface area (Å²) in [5.74, 6) is -0.0435. The van der Waals surface area contributed by atoms with Gasteiger partial charge in [-0.3, -0.25) is 4.79 Å². The van der Waals surface area contributed by atoms with Gasteiger partial charge in [-0.2, -0.15) is 9.97 Å². The Hall–Kier alpha value is -3.24. The lowest BCUT2D eigenvalue weighted by atomic mass is 9.96. The monoisotopic (exact) mass is 575 g/mol. The summed E-state index contributed by atoms with van der Waals surface area (Å²) in [6.07, 6.45) is 5.77. The van der Waals surface area contributed by atoms with Gasteiger partial charge in [0.15, 0.2) is 5.83 Å². The number of hydrogen-bond donors (Lipinski definition) is 0. The van der Waals surface area contributed by atoms with Gasteiger partial charge < -0.3 is 29.2 Å². The van der Waals surface area contributed by atoms with E-state index in [9.17, 15) is 9.18 Å². The average molecular weight is 576 g/mol. The molecule has 3 fully saturated rings. The first-order valence-corrected chi connectivity index (χ1v) is 15.6. The van der Waals surface area contributed by atoms with Crippen LogP contribution in [0, 0.1) is 5.92 Å². The molecule has 5 aliphatic rings. The molecule has 9 nitrogen and oxygen atoms in total. The molecule has 4 aliphatic heterocycles. The average Bonchev–Trinajstić information content (AvgIpc) is 3.64. The molecule has 2 atom stereocenters. The number of rotatable bonds is 7. The van der Waals surface area contributed by atoms with Gasteiger partial charge in [-0.15, -0.1) is 0 Å². The number of aromatic nitrogens is 2. The number of fused-ring (bicyclic) bond motifs is 2. The van der Waals surface area contributed by atoms with E-state index in [0.717, 1.165) is 50.5 Å². The molecule has 0 bridgehead atoms. The first-order chi connectivity index (χ1) is 20.4. The highest BCUT2D eigenvalue weighted by Gasteiger charge is 2.46. The standard InChI is InChI=1S/C32H42FN7O2/c1-21(33)31(41)39-16-14-38(15-17-39)30-28-26(34-32(35-30)42-20-24-7-5-12-37(24)3)19-40(29(28)23-9-10-23)27-8-4-6-22-11-13-36(2)18-25(22)27/h4,6,8,23-24,29H,1,5,7,9-20H2,2-3H3/t24?,29-/m0/s1. The minimum absolute atomic E-state index is 0.203. The summed E-state index contributed by atoms with van der Waals surface area (Å²) in [6.45, 7) is 9.66. The number of halogens is 1. The lowest BCUT2D eigenvalue weighted by Crippen LogP contribution is -2.49. The van der Waals surface area contributed by atoms with Crippen molar-refractivity contribution in [3.63, 3.8) is 0 Å². The molecule has 0 N–H and O–H groups in total. The number of amides is 1. The Morgan fingerprint density at radius 3 is 2.57 bits per heavy atom. The molecule has 1 aromatic carbocycles. The fourth-order valence-electron chi connectivity index (χ4n) is 7.38. The van der Waals surface area contributed by atoms with E-state index in [0.29, 0.717) is 50.8 Å². The van der Waals surface area contributed by atoms with Crippen molar-refractivity contribution in [2.75, 3.05) is 69.8 Å². The third kappa shape index (κ3) is 5.13. The number of hydrogen-bond acceptors (Lipinski definition) is 8. The summed E-state index contributed by atoms with van der Waals surface area (Å²) in [4.78, 5) is 33.6. The van der Waals surface area contributed by atoms with Crippen LogP contribution in [0.4, 0.5) is 15.9 Å². The van der Waals surface area contributed by atoms with Crippen LogP contribution in [-0.2, 0) is 24.3 Å². The molecule has 10 heteroatoms. The molecule has 2 saturated heterocycles. The molecule has 2 aromatic rings. The van der Waals surface area contributed by atoms with E-state index >= 15 is 0 Å². The molecule has 0 spiro atoms. The lowest BCUT2D eigenvalue weighted by Gasteiger charge is -2.37. The van der Waals surface area contributed by atoms with Crippen molar-refractivity contribution in [3.05, 3.63) is 53.0 Å². The Balaban J connectivity index is 1.24. The fourth-order valence-corrected chi connectivity index (χ4v) is 7.38. The minimum atomic E-state index is -0.903. The third-order valence-corrected chi connectivity index (χ3v) is 9.93. The maximum Gasteiger partial charge on any atom is 0.318 e. The second-order valence-corrected chi connectivity index (χ2v) is 12.8. The van der Waals surface area contributed by atoms with E-state index in [-0.39, 0.29) is 6.04 Å². The highest BCUT2D eigenvalue weighted by molar-refractivity contribution is 5.90. The lowest BCUT2D eigenvalue weighted by molar-refractivity contribution is -0.128. The number of carbonyl (C=O) groups is 1. The predicted molar refractivity (Wildman–Crippen MR) is 160 cm³/mol. The number of likely N-dealkylation sites (tertiary alicyclic amines) is 1. The predicted octanol–water partition coefficient (Wildman–Crippen LogP) is 3.54. The number of likely N-dealkylation sites (N-methyl/N-ethyl adjacent to an activating group) is 2. The normalized spacial score (nSPS) is 24.6. The summed E-state index contributed by atoms with van der Waals surface area (Å²) in [5.41, 5.74) is 6.44. The molecule has 0 radical (unpaired) electrons. The van der Waals surface area contributed by atoms with Crippen molar-refractivity contribution < 1.29 is 13.9 Å². The molecular weight excluding hydrogens is 533 g/mol. The summed E-state index contributed by atoms with van der Waals surface area (Å²) in [5, 5.41) is 0. The zero-order chi connectivity index (χ0) is 29.0. The molecule has 5 heterocycles. The Morgan fingerprint density at radius 1 is 1.05 bits per heavy atom. The van der Waals surface area contributed by atoms with Crippen LogP contribution >= 0.6 is 0 Å². The SMILES string of the molecule is C=C(F)C(=O)N1CCN(c2nc(OCC3CCCN3C)nc3c2[C@H](C2CC2)N(c2cccc4c2CN(C)CC4)C3)CC1. The van der Waals surface area contributed by atoms with E-state index in [1.165, 1.54) is 41.6 Å². The molecular formula is C32H42FN7O2. The third-order valence-electron chi connectivity index (χ3n) is 9.93. The summed E-state index contributed by atoms with van der Waals surface area (Å²) in [6, 6.07) is 7.79. The highest BCUT2D eigenvalue weighted by atomic mass is 19.1. The van der Waals surface area contributed by atoms with Crippen LogP contribution in [-0.4, -0.2) is 96.6 Å². The van der Waals surface area contributed by atoms with Crippen molar-refractivity contribution in [3.8, 4) is 6.01 Å². The molecule has 1 aliphatic carbocycles. The maximum atomic E-state index is 13.6. The highest BCUT2D eigenvalue weighted by Crippen LogP contribution is 2.54. The summed E-state index contributed by atoms with van der Waals surface area (Å²) in [7, 11) is 4.35. The van der Waals surface area contributed by atoms with Crippen molar-refractivity contribution >= 4 is 17.4 Å². The van der Waals surface area contributed by atoms with Crippen molar-refractivity contribution in [2.45, 2.75) is 57.3 Å². The molecule has 1 amide bonds. The van der Waals surface area contributed by atoms with E-state index in [1.807, 2.05) is 0 Å². The second-order valence-electron chi connectivity index (χ2n) is 12.8. The second kappa shape index (κ2) is 11.1. The minimum Gasteiger partial charge on any atom is -0.462 e. The van der Waals surface area contributed by atoms with Gasteiger partial charge >= 0.3 is 6.01 Å². The number of carbonyl (C=O) groups excluding carboxylic acids is 1. The van der Waals surface area contributed by atoms with E-state index in [1.54, 1.807) is 4.90 Å². The quantitative estimate of drug-likeness (QED) is 0.465. The Bertz CT molecular complexity index is 1370. The first kappa shape index (κ1) is 27.6. The van der Waals surface area contributed by atoms with Crippen molar-refractivity contribution in [1.82, 2.24) is 24.7 Å². The van der Waals surface area contributed by atoms with Crippen LogP contribution in [0.25, 0.3) is 0 Å². The molecule has 7 rings (SSSR count). The van der Waals surface area contributed by atoms with Gasteiger partial charge in [-0.1, -0.05) is 18.7 Å². The Labute approximate surface area is 247 Å². The van der Waals surface area contributed by atoms with Crippen LogP contribution in [0.5, 0.6) is 6.01 Å². The van der Waals surface area contributed by atoms with Gasteiger partial charge in [0.05, 0.1) is 18.3 Å². The van der Waals surface area contributed by atoms with Crippen molar-refractivity contribution in [1.29, 1.82) is 0 Å². The van der Waals surface area contributed by atoms with E-state index in [4.69, 9.17) is 14.7 Å². The van der Waals surface area contributed by atoms with Gasteiger partial charge in [0.25, 0.3) is 5.91 Å². The molecule has 1 unspecified atom stereocenters. The topological polar surface area (TPSA) is 68.3 Å². The number of piperazine rings is 1. The number of benzene rings is 1. The van der Waals surface area contributed by atoms with Gasteiger partial charge in [0, 0.05) is 56.6 Å². The number of nitrogens with zero attached hydrogens (tertiary/aromatic N) is 7. The molecule has 224 valence electrons. The van der Waals surface area contributed by atoms with Gasteiger partial charge in [0.1, 0.15) is 12.4 Å². The Morgan fingerprint density at radius 2 is 1.86 bits per heavy atom. The summed E-state index contributed by atoms with van der Waals surface area (Å²) < 4.78 is 19.9. The van der Waals surface area contributed by atoms with Crippen LogP contribution in [0.2, 0.25) is 0 Å². The van der Waals surface area contributed by atoms with E-state index in [2.05, 4.69) is 58.5 Å². The first-order valence-electron chi connectivity index (χ1n) is 15.6. The number of anilines is 2. The van der Waals surface area contributed by atoms with Crippen LogP contribution in [0.15, 0.2) is 30.6 Å². The smallest absolute Gasteiger partial charge is 0.318 e. The molecule has 1 aromatic heterocycles. The maximum absolute atomic E-state index is 13.6. The summed E-state index contributed by atoms with van der Waals surface area (Å²) >= 11 is 0. The van der Waals surface area contributed by atoms with Crippen LogP contribution < -0.4 is 14.5 Å². The largest absolute Gasteiger partial charge is 0.462 e. The Kier molecular flexibility index (Phi) is 7.30. The molecule has 42 heavy (non-hydrogen) atoms. The van der Waals surface area contributed by atoms with E-state index < -0.39 is 11.7 Å². The number of ether oxygens (including phenoxy) is 1. The fraction of sp³-hybridized carbons (Fsp3) is 0.594. The van der Waals surface area contributed by atoms with Gasteiger partial charge in [0.2, 0.25) is 0 Å². The van der Waals surface area contributed by atoms with Crippen LogP contribution in [0.1, 0.15) is 54.1 Å². The van der Waals surface area contributed by atoms with Crippen molar-refractivity contribution in [2.24, 2.45) is 5.92 Å². The molecule has 1 saturated carbocycles. The van der Waals surface area contributed by atoms with Crippen LogP contribution in [0.3, 0.4) is 0 Å². The zero-order valence-corrected chi connectivity index (χ0v) is 24.9. The van der Waals surface area contributed by atoms with Gasteiger partial charge in [-0.25, -0.2) is 4.39 Å². The van der Waals surface area contributed by atoms with Gasteiger partial charge in [-0.05, 0) is 75.9 Å². The zero-order valence-electron chi connectivity index (χ0n) is 24.9.